The molecule has 0 bridgehead atoms. The third-order valence-electron chi connectivity index (χ3n) is 3.35. The van der Waals surface area contributed by atoms with E-state index >= 15 is 0 Å². The fourth-order valence-electron chi connectivity index (χ4n) is 2.48. The SMILES string of the molecule is NC(=S)Nc1ccc(N2CCCCC2)c2nonc12. The lowest BCUT2D eigenvalue weighted by molar-refractivity contribution is 0.315. The van der Waals surface area contributed by atoms with Crippen molar-refractivity contribution in [2.45, 2.75) is 19.3 Å². The molecule has 1 aliphatic rings. The van der Waals surface area contributed by atoms with Crippen LogP contribution in [-0.4, -0.2) is 28.5 Å². The Morgan fingerprint density at radius 3 is 2.68 bits per heavy atom. The van der Waals surface area contributed by atoms with Crippen LogP contribution < -0.4 is 16.0 Å². The first-order chi connectivity index (χ1) is 9.25. The molecule has 0 saturated carbocycles. The van der Waals surface area contributed by atoms with Crippen LogP contribution in [0.4, 0.5) is 11.4 Å². The number of rotatable bonds is 2. The number of benzene rings is 1. The topological polar surface area (TPSA) is 80.2 Å². The molecule has 19 heavy (non-hydrogen) atoms. The van der Waals surface area contributed by atoms with Gasteiger partial charge in [-0.25, -0.2) is 4.63 Å². The minimum atomic E-state index is 0.204. The van der Waals surface area contributed by atoms with Crippen molar-refractivity contribution in [3.8, 4) is 0 Å². The van der Waals surface area contributed by atoms with E-state index in [1.54, 1.807) is 0 Å². The van der Waals surface area contributed by atoms with Gasteiger partial charge in [0.25, 0.3) is 0 Å². The summed E-state index contributed by atoms with van der Waals surface area (Å²) in [4.78, 5) is 2.32. The average Bonchev–Trinajstić information content (AvgIpc) is 2.89. The molecule has 1 aromatic heterocycles. The summed E-state index contributed by atoms with van der Waals surface area (Å²) in [5, 5.41) is 11.0. The smallest absolute Gasteiger partial charge is 0.168 e. The van der Waals surface area contributed by atoms with Crippen molar-refractivity contribution in [3.63, 3.8) is 0 Å². The predicted molar refractivity (Wildman–Crippen MR) is 78.3 cm³/mol. The molecular formula is C12H15N5OS. The monoisotopic (exact) mass is 277 g/mol. The molecule has 3 N–H and O–H groups in total. The molecule has 0 spiro atoms. The van der Waals surface area contributed by atoms with Crippen molar-refractivity contribution >= 4 is 39.7 Å². The Morgan fingerprint density at radius 1 is 1.21 bits per heavy atom. The van der Waals surface area contributed by atoms with E-state index in [0.29, 0.717) is 5.52 Å². The lowest BCUT2D eigenvalue weighted by atomic mass is 10.1. The highest BCUT2D eigenvalue weighted by atomic mass is 32.1. The summed E-state index contributed by atoms with van der Waals surface area (Å²) in [6, 6.07) is 3.92. The molecule has 1 saturated heterocycles. The first-order valence-corrected chi connectivity index (χ1v) is 6.73. The molecule has 6 nitrogen and oxygen atoms in total. The third-order valence-corrected chi connectivity index (χ3v) is 3.45. The first kappa shape index (κ1) is 12.2. The standard InChI is InChI=1S/C12H15N5OS/c13-12(19)14-8-4-5-9(11-10(8)15-18-16-11)17-6-2-1-3-7-17/h4-5H,1-3,6-7H2,(H3,13,14,19). The largest absolute Gasteiger partial charge is 0.376 e. The summed E-state index contributed by atoms with van der Waals surface area (Å²) >= 11 is 4.85. The highest BCUT2D eigenvalue weighted by Crippen LogP contribution is 2.31. The molecule has 2 aromatic rings. The number of hydrogen-bond acceptors (Lipinski definition) is 5. The van der Waals surface area contributed by atoms with Crippen LogP contribution >= 0.6 is 12.2 Å². The number of fused-ring (bicyclic) bond motifs is 1. The van der Waals surface area contributed by atoms with E-state index in [2.05, 4.69) is 20.5 Å². The number of hydrogen-bond donors (Lipinski definition) is 2. The van der Waals surface area contributed by atoms with Crippen LogP contribution in [0.25, 0.3) is 11.0 Å². The lowest BCUT2D eigenvalue weighted by Gasteiger charge is -2.28. The van der Waals surface area contributed by atoms with E-state index in [1.807, 2.05) is 12.1 Å². The summed E-state index contributed by atoms with van der Waals surface area (Å²) in [6.07, 6.45) is 3.71. The second-order valence-electron chi connectivity index (χ2n) is 4.63. The zero-order valence-corrected chi connectivity index (χ0v) is 11.2. The summed E-state index contributed by atoms with van der Waals surface area (Å²) < 4.78 is 4.87. The van der Waals surface area contributed by atoms with Gasteiger partial charge in [-0.1, -0.05) is 0 Å². The van der Waals surface area contributed by atoms with Crippen LogP contribution in [0.2, 0.25) is 0 Å². The van der Waals surface area contributed by atoms with Crippen LogP contribution in [0.15, 0.2) is 16.8 Å². The normalized spacial score (nSPS) is 15.7. The van der Waals surface area contributed by atoms with Crippen LogP contribution in [0.3, 0.4) is 0 Å². The Kier molecular flexibility index (Phi) is 3.20. The summed E-state index contributed by atoms with van der Waals surface area (Å²) in [6.45, 7) is 2.09. The van der Waals surface area contributed by atoms with Gasteiger partial charge in [-0.05, 0) is 53.9 Å². The van der Waals surface area contributed by atoms with Crippen molar-refractivity contribution in [2.24, 2.45) is 5.73 Å². The zero-order valence-electron chi connectivity index (χ0n) is 10.4. The lowest BCUT2D eigenvalue weighted by Crippen LogP contribution is -2.29. The second kappa shape index (κ2) is 5.00. The van der Waals surface area contributed by atoms with Crippen LogP contribution in [0.5, 0.6) is 0 Å². The van der Waals surface area contributed by atoms with Gasteiger partial charge in [0, 0.05) is 13.1 Å². The quantitative estimate of drug-likeness (QED) is 0.811. The van der Waals surface area contributed by atoms with Crippen LogP contribution in [-0.2, 0) is 0 Å². The van der Waals surface area contributed by atoms with Crippen LogP contribution in [0, 0.1) is 0 Å². The summed E-state index contributed by atoms with van der Waals surface area (Å²) in [7, 11) is 0. The van der Waals surface area contributed by atoms with Gasteiger partial charge in [0.15, 0.2) is 16.1 Å². The minimum Gasteiger partial charge on any atom is -0.376 e. The van der Waals surface area contributed by atoms with Gasteiger partial charge in [-0.15, -0.1) is 0 Å². The number of thiocarbonyl (C=S) groups is 1. The Balaban J connectivity index is 2.02. The molecule has 0 unspecified atom stereocenters. The second-order valence-corrected chi connectivity index (χ2v) is 5.07. The van der Waals surface area contributed by atoms with E-state index < -0.39 is 0 Å². The van der Waals surface area contributed by atoms with Crippen molar-refractivity contribution in [1.29, 1.82) is 0 Å². The first-order valence-electron chi connectivity index (χ1n) is 6.32. The third kappa shape index (κ3) is 2.33. The Morgan fingerprint density at radius 2 is 1.95 bits per heavy atom. The van der Waals surface area contributed by atoms with E-state index in [4.69, 9.17) is 22.6 Å². The predicted octanol–water partition coefficient (Wildman–Crippen LogP) is 1.87. The van der Waals surface area contributed by atoms with Gasteiger partial charge in [-0.2, -0.15) is 0 Å². The molecular weight excluding hydrogens is 262 g/mol. The maximum Gasteiger partial charge on any atom is 0.168 e. The molecule has 1 aromatic carbocycles. The van der Waals surface area contributed by atoms with Gasteiger partial charge in [-0.3, -0.25) is 0 Å². The molecule has 1 aliphatic heterocycles. The fraction of sp³-hybridized carbons (Fsp3) is 0.417. The van der Waals surface area contributed by atoms with E-state index in [1.165, 1.54) is 19.3 Å². The van der Waals surface area contributed by atoms with E-state index in [0.717, 1.165) is 30.0 Å². The Bertz CT molecular complexity index is 605. The summed E-state index contributed by atoms with van der Waals surface area (Å²) in [5.41, 5.74) is 8.70. The van der Waals surface area contributed by atoms with Gasteiger partial charge in [0.2, 0.25) is 0 Å². The number of nitrogens with two attached hydrogens (primary N) is 1. The molecule has 3 rings (SSSR count). The number of anilines is 2. The molecule has 0 radical (unpaired) electrons. The molecule has 7 heteroatoms. The average molecular weight is 277 g/mol. The van der Waals surface area contributed by atoms with Gasteiger partial charge in [0.1, 0.15) is 0 Å². The van der Waals surface area contributed by atoms with Crippen molar-refractivity contribution < 1.29 is 4.63 Å². The molecule has 100 valence electrons. The van der Waals surface area contributed by atoms with E-state index in [9.17, 15) is 0 Å². The molecule has 0 amide bonds. The van der Waals surface area contributed by atoms with Crippen LogP contribution in [0.1, 0.15) is 19.3 Å². The van der Waals surface area contributed by atoms with Gasteiger partial charge >= 0.3 is 0 Å². The van der Waals surface area contributed by atoms with Gasteiger partial charge < -0.3 is 16.0 Å². The molecule has 2 heterocycles. The molecule has 1 fully saturated rings. The Labute approximate surface area is 115 Å². The van der Waals surface area contributed by atoms with Crippen molar-refractivity contribution in [3.05, 3.63) is 12.1 Å². The highest BCUT2D eigenvalue weighted by Gasteiger charge is 2.18. The number of aromatic nitrogens is 2. The highest BCUT2D eigenvalue weighted by molar-refractivity contribution is 7.80. The van der Waals surface area contributed by atoms with Gasteiger partial charge in [0.05, 0.1) is 11.4 Å². The molecule has 0 aliphatic carbocycles. The maximum atomic E-state index is 5.50. The minimum absolute atomic E-state index is 0.204. The zero-order chi connectivity index (χ0) is 13.2. The van der Waals surface area contributed by atoms with E-state index in [-0.39, 0.29) is 5.11 Å². The summed E-state index contributed by atoms with van der Waals surface area (Å²) in [5.74, 6) is 0. The fourth-order valence-corrected chi connectivity index (χ4v) is 2.59. The van der Waals surface area contributed by atoms with Crippen molar-refractivity contribution in [1.82, 2.24) is 10.3 Å². The maximum absolute atomic E-state index is 5.50. The Hall–Kier alpha value is -1.89. The number of nitrogens with zero attached hydrogens (tertiary/aromatic N) is 3. The van der Waals surface area contributed by atoms with Crippen molar-refractivity contribution in [2.75, 3.05) is 23.3 Å². The number of piperidine rings is 1. The molecule has 0 atom stereocenters. The number of nitrogens with one attached hydrogen (secondary N) is 1.